The highest BCUT2D eigenvalue weighted by Crippen LogP contribution is 2.27. The molecule has 0 aromatic rings. The van der Waals surface area contributed by atoms with Gasteiger partial charge in [0, 0.05) is 25.0 Å². The van der Waals surface area contributed by atoms with Crippen LogP contribution in [0, 0.1) is 5.92 Å². The highest BCUT2D eigenvalue weighted by atomic mass is 16.1. The molecule has 0 bridgehead atoms. The van der Waals surface area contributed by atoms with Crippen molar-refractivity contribution in [3.63, 3.8) is 0 Å². The van der Waals surface area contributed by atoms with Gasteiger partial charge in [-0.1, -0.05) is 6.92 Å². The van der Waals surface area contributed by atoms with E-state index in [4.69, 9.17) is 5.73 Å². The number of carbonyl (C=O) groups is 1. The molecular formula is C12H23N3O. The van der Waals surface area contributed by atoms with Crippen molar-refractivity contribution in [1.82, 2.24) is 10.2 Å². The molecule has 2 aliphatic rings. The van der Waals surface area contributed by atoms with Gasteiger partial charge in [-0.05, 0) is 38.3 Å². The van der Waals surface area contributed by atoms with Gasteiger partial charge in [0.15, 0.2) is 0 Å². The number of fused-ring (bicyclic) bond motifs is 1. The van der Waals surface area contributed by atoms with Gasteiger partial charge in [0.05, 0.1) is 0 Å². The van der Waals surface area contributed by atoms with E-state index < -0.39 is 0 Å². The highest BCUT2D eigenvalue weighted by molar-refractivity contribution is 5.76. The van der Waals surface area contributed by atoms with Gasteiger partial charge in [-0.3, -0.25) is 9.69 Å². The van der Waals surface area contributed by atoms with E-state index in [1.807, 2.05) is 6.92 Å². The van der Waals surface area contributed by atoms with Gasteiger partial charge >= 0.3 is 0 Å². The maximum atomic E-state index is 11.8. The molecule has 1 amide bonds. The molecule has 0 aliphatic carbocycles. The van der Waals surface area contributed by atoms with Crippen LogP contribution in [0.2, 0.25) is 0 Å². The van der Waals surface area contributed by atoms with Crippen molar-refractivity contribution in [2.24, 2.45) is 11.7 Å². The molecule has 4 nitrogen and oxygen atoms in total. The van der Waals surface area contributed by atoms with E-state index in [2.05, 4.69) is 10.2 Å². The smallest absolute Gasteiger partial charge is 0.220 e. The Bertz CT molecular complexity index is 257. The van der Waals surface area contributed by atoms with Gasteiger partial charge in [0.1, 0.15) is 0 Å². The first-order valence-electron chi connectivity index (χ1n) is 6.44. The summed E-state index contributed by atoms with van der Waals surface area (Å²) >= 11 is 0. The zero-order valence-electron chi connectivity index (χ0n) is 10.1. The number of nitrogens with two attached hydrogens (primary N) is 1. The summed E-state index contributed by atoms with van der Waals surface area (Å²) in [5.41, 5.74) is 5.53. The summed E-state index contributed by atoms with van der Waals surface area (Å²) in [6.45, 7) is 4.99. The molecule has 0 aromatic carbocycles. The molecule has 0 saturated carbocycles. The second-order valence-corrected chi connectivity index (χ2v) is 5.25. The van der Waals surface area contributed by atoms with Crippen molar-refractivity contribution in [3.8, 4) is 0 Å². The number of carbonyl (C=O) groups excluding carboxylic acids is 1. The van der Waals surface area contributed by atoms with Crippen molar-refractivity contribution in [3.05, 3.63) is 0 Å². The summed E-state index contributed by atoms with van der Waals surface area (Å²) in [5, 5.41) is 3.18. The van der Waals surface area contributed by atoms with Gasteiger partial charge in [0.25, 0.3) is 0 Å². The van der Waals surface area contributed by atoms with Gasteiger partial charge in [-0.25, -0.2) is 0 Å². The molecule has 16 heavy (non-hydrogen) atoms. The molecule has 3 N–H and O–H groups in total. The molecule has 92 valence electrons. The van der Waals surface area contributed by atoms with E-state index in [0.717, 1.165) is 13.0 Å². The third kappa shape index (κ3) is 2.55. The van der Waals surface area contributed by atoms with Crippen molar-refractivity contribution < 1.29 is 4.79 Å². The minimum atomic E-state index is 0.177. The minimum Gasteiger partial charge on any atom is -0.352 e. The lowest BCUT2D eigenvalue weighted by Gasteiger charge is -2.21. The molecule has 2 fully saturated rings. The highest BCUT2D eigenvalue weighted by Gasteiger charge is 2.37. The van der Waals surface area contributed by atoms with E-state index in [9.17, 15) is 4.79 Å². The zero-order valence-corrected chi connectivity index (χ0v) is 10.1. The Morgan fingerprint density at radius 2 is 2.31 bits per heavy atom. The molecular weight excluding hydrogens is 202 g/mol. The molecule has 0 spiro atoms. The number of hydrogen-bond acceptors (Lipinski definition) is 3. The van der Waals surface area contributed by atoms with Crippen molar-refractivity contribution in [1.29, 1.82) is 0 Å². The Balaban J connectivity index is 1.79. The molecule has 2 aliphatic heterocycles. The molecule has 2 saturated heterocycles. The van der Waals surface area contributed by atoms with E-state index in [-0.39, 0.29) is 5.91 Å². The monoisotopic (exact) mass is 225 g/mol. The summed E-state index contributed by atoms with van der Waals surface area (Å²) in [6, 6.07) is 0.997. The standard InChI is InChI=1S/C12H23N3O/c1-9(8-13)7-12(16)14-10-4-6-15-5-2-3-11(10)15/h9-11H,2-8,13H2,1H3,(H,14,16). The van der Waals surface area contributed by atoms with Crippen LogP contribution in [0.15, 0.2) is 0 Å². The van der Waals surface area contributed by atoms with E-state index in [1.165, 1.54) is 19.4 Å². The van der Waals surface area contributed by atoms with Crippen LogP contribution in [0.4, 0.5) is 0 Å². The van der Waals surface area contributed by atoms with Crippen LogP contribution >= 0.6 is 0 Å². The number of rotatable bonds is 4. The largest absolute Gasteiger partial charge is 0.352 e. The Labute approximate surface area is 97.6 Å². The van der Waals surface area contributed by atoms with E-state index in [1.54, 1.807) is 0 Å². The van der Waals surface area contributed by atoms with Gasteiger partial charge in [-0.15, -0.1) is 0 Å². The number of amides is 1. The lowest BCUT2D eigenvalue weighted by Crippen LogP contribution is -2.43. The first kappa shape index (κ1) is 11.9. The Hall–Kier alpha value is -0.610. The maximum absolute atomic E-state index is 11.8. The average molecular weight is 225 g/mol. The third-order valence-electron chi connectivity index (χ3n) is 3.89. The average Bonchev–Trinajstić information content (AvgIpc) is 2.82. The Morgan fingerprint density at radius 3 is 3.06 bits per heavy atom. The van der Waals surface area contributed by atoms with Gasteiger partial charge in [-0.2, -0.15) is 0 Å². The lowest BCUT2D eigenvalue weighted by molar-refractivity contribution is -0.122. The minimum absolute atomic E-state index is 0.177. The van der Waals surface area contributed by atoms with Crippen LogP contribution < -0.4 is 11.1 Å². The Morgan fingerprint density at radius 1 is 1.50 bits per heavy atom. The molecule has 0 radical (unpaired) electrons. The summed E-state index contributed by atoms with van der Waals surface area (Å²) < 4.78 is 0. The first-order chi connectivity index (χ1) is 7.70. The van der Waals surface area contributed by atoms with Crippen molar-refractivity contribution in [2.45, 2.75) is 44.7 Å². The van der Waals surface area contributed by atoms with Crippen molar-refractivity contribution >= 4 is 5.91 Å². The van der Waals surface area contributed by atoms with E-state index in [0.29, 0.717) is 31.0 Å². The summed E-state index contributed by atoms with van der Waals surface area (Å²) in [6.07, 6.45) is 4.22. The van der Waals surface area contributed by atoms with Crippen LogP contribution in [0.1, 0.15) is 32.6 Å². The fourth-order valence-electron chi connectivity index (χ4n) is 2.92. The number of hydrogen-bond donors (Lipinski definition) is 2. The topological polar surface area (TPSA) is 58.4 Å². The van der Waals surface area contributed by atoms with Gasteiger partial charge in [0.2, 0.25) is 5.91 Å². The second kappa shape index (κ2) is 5.15. The maximum Gasteiger partial charge on any atom is 0.220 e. The third-order valence-corrected chi connectivity index (χ3v) is 3.89. The zero-order chi connectivity index (χ0) is 11.5. The number of nitrogens with one attached hydrogen (secondary N) is 1. The Kier molecular flexibility index (Phi) is 3.82. The number of nitrogens with zero attached hydrogens (tertiary/aromatic N) is 1. The molecule has 2 heterocycles. The normalized spacial score (nSPS) is 31.4. The predicted molar refractivity (Wildman–Crippen MR) is 64.0 cm³/mol. The molecule has 0 aromatic heterocycles. The fraction of sp³-hybridized carbons (Fsp3) is 0.917. The molecule has 3 unspecified atom stereocenters. The summed E-state index contributed by atoms with van der Waals surface area (Å²) in [5.74, 6) is 0.470. The molecule has 4 heteroatoms. The molecule has 3 atom stereocenters. The van der Waals surface area contributed by atoms with Gasteiger partial charge < -0.3 is 11.1 Å². The van der Waals surface area contributed by atoms with Crippen LogP contribution in [0.25, 0.3) is 0 Å². The summed E-state index contributed by atoms with van der Waals surface area (Å²) in [7, 11) is 0. The first-order valence-corrected chi connectivity index (χ1v) is 6.44. The predicted octanol–water partition coefficient (Wildman–Crippen LogP) is 0.324. The molecule has 2 rings (SSSR count). The lowest BCUT2D eigenvalue weighted by atomic mass is 10.0. The van der Waals surface area contributed by atoms with Crippen LogP contribution in [-0.2, 0) is 4.79 Å². The summed E-state index contributed by atoms with van der Waals surface area (Å²) in [4.78, 5) is 14.3. The SMILES string of the molecule is CC(CN)CC(=O)NC1CCN2CCCC12. The van der Waals surface area contributed by atoms with Crippen LogP contribution in [-0.4, -0.2) is 42.5 Å². The van der Waals surface area contributed by atoms with Crippen molar-refractivity contribution in [2.75, 3.05) is 19.6 Å². The fourth-order valence-corrected chi connectivity index (χ4v) is 2.92. The van der Waals surface area contributed by atoms with Crippen LogP contribution in [0.5, 0.6) is 0 Å². The van der Waals surface area contributed by atoms with E-state index >= 15 is 0 Å². The second-order valence-electron chi connectivity index (χ2n) is 5.25. The quantitative estimate of drug-likeness (QED) is 0.724. The van der Waals surface area contributed by atoms with Crippen LogP contribution in [0.3, 0.4) is 0 Å².